The van der Waals surface area contributed by atoms with Crippen molar-refractivity contribution in [1.29, 1.82) is 0 Å². The van der Waals surface area contributed by atoms with Crippen LogP contribution in [0.1, 0.15) is 44.0 Å². The predicted molar refractivity (Wildman–Crippen MR) is 96.4 cm³/mol. The highest BCUT2D eigenvalue weighted by atomic mass is 16.5. The predicted octanol–water partition coefficient (Wildman–Crippen LogP) is 2.51. The number of nitrogens with one attached hydrogen (secondary N) is 1. The highest BCUT2D eigenvalue weighted by Crippen LogP contribution is 2.30. The van der Waals surface area contributed by atoms with Gasteiger partial charge >= 0.3 is 0 Å². The summed E-state index contributed by atoms with van der Waals surface area (Å²) in [6.07, 6.45) is 5.06. The standard InChI is InChI=1S/C19H27N3O3/c1-13(2)22-19(10-14(3)20-22)21-9-5-6-15(21)12-25-18-8-4-7-17(24)16(18)11-23/h4,7-8,10-11,13-15,20,24H,5-6,9,12H2,1-3H3/t14-,15+/m1/s1. The summed E-state index contributed by atoms with van der Waals surface area (Å²) in [7, 11) is 0. The summed E-state index contributed by atoms with van der Waals surface area (Å²) in [5.41, 5.74) is 3.69. The number of aromatic hydroxyl groups is 1. The minimum absolute atomic E-state index is 0.0433. The fraction of sp³-hybridized carbons (Fsp3) is 0.526. The zero-order valence-corrected chi connectivity index (χ0v) is 15.1. The van der Waals surface area contributed by atoms with E-state index in [4.69, 9.17) is 4.74 Å². The summed E-state index contributed by atoms with van der Waals surface area (Å²) in [4.78, 5) is 13.6. The Kier molecular flexibility index (Phi) is 5.18. The molecule has 1 aromatic rings. The van der Waals surface area contributed by atoms with Crippen molar-refractivity contribution in [1.82, 2.24) is 15.3 Å². The number of hydrazine groups is 1. The Balaban J connectivity index is 1.72. The van der Waals surface area contributed by atoms with Crippen LogP contribution in [-0.2, 0) is 0 Å². The van der Waals surface area contributed by atoms with Gasteiger partial charge in [-0.1, -0.05) is 6.07 Å². The quantitative estimate of drug-likeness (QED) is 0.773. The van der Waals surface area contributed by atoms with Gasteiger partial charge in [0, 0.05) is 18.6 Å². The second-order valence-corrected chi connectivity index (χ2v) is 7.01. The molecule has 6 nitrogen and oxygen atoms in total. The molecule has 0 radical (unpaired) electrons. The van der Waals surface area contributed by atoms with E-state index in [1.807, 2.05) is 0 Å². The van der Waals surface area contributed by atoms with Gasteiger partial charge in [-0.05, 0) is 51.8 Å². The van der Waals surface area contributed by atoms with Crippen molar-refractivity contribution in [2.75, 3.05) is 13.2 Å². The van der Waals surface area contributed by atoms with Crippen molar-refractivity contribution in [3.63, 3.8) is 0 Å². The molecule has 2 heterocycles. The van der Waals surface area contributed by atoms with Crippen LogP contribution >= 0.6 is 0 Å². The van der Waals surface area contributed by atoms with E-state index < -0.39 is 0 Å². The minimum atomic E-state index is -0.0433. The number of hydrogen-bond donors (Lipinski definition) is 2. The van der Waals surface area contributed by atoms with Gasteiger partial charge in [0.1, 0.15) is 23.9 Å². The van der Waals surface area contributed by atoms with Crippen LogP contribution in [0.5, 0.6) is 11.5 Å². The third kappa shape index (κ3) is 3.58. The monoisotopic (exact) mass is 345 g/mol. The highest BCUT2D eigenvalue weighted by Gasteiger charge is 2.33. The van der Waals surface area contributed by atoms with E-state index in [2.05, 4.69) is 42.2 Å². The lowest BCUT2D eigenvalue weighted by atomic mass is 10.2. The van der Waals surface area contributed by atoms with Gasteiger partial charge in [0.25, 0.3) is 0 Å². The van der Waals surface area contributed by atoms with Gasteiger partial charge in [-0.2, -0.15) is 0 Å². The zero-order chi connectivity index (χ0) is 18.0. The fourth-order valence-corrected chi connectivity index (χ4v) is 3.55. The molecule has 2 atom stereocenters. The van der Waals surface area contributed by atoms with Gasteiger partial charge in [0.15, 0.2) is 6.29 Å². The number of carbonyl (C=O) groups is 1. The molecule has 0 aliphatic carbocycles. The maximum atomic E-state index is 11.2. The number of aldehydes is 1. The molecule has 2 N–H and O–H groups in total. The average Bonchev–Trinajstić information content (AvgIpc) is 3.18. The molecule has 0 saturated carbocycles. The van der Waals surface area contributed by atoms with E-state index in [1.54, 1.807) is 12.1 Å². The van der Waals surface area contributed by atoms with Crippen LogP contribution in [0.3, 0.4) is 0 Å². The average molecular weight is 345 g/mol. The molecule has 1 aromatic carbocycles. The number of likely N-dealkylation sites (tertiary alicyclic amines) is 1. The molecule has 3 rings (SSSR count). The first kappa shape index (κ1) is 17.6. The molecule has 0 spiro atoms. The van der Waals surface area contributed by atoms with Gasteiger partial charge < -0.3 is 14.7 Å². The first-order valence-corrected chi connectivity index (χ1v) is 8.95. The third-order valence-corrected chi connectivity index (χ3v) is 4.77. The lowest BCUT2D eigenvalue weighted by Crippen LogP contribution is -2.46. The lowest BCUT2D eigenvalue weighted by molar-refractivity contribution is 0.109. The summed E-state index contributed by atoms with van der Waals surface area (Å²) in [6, 6.07) is 5.84. The van der Waals surface area contributed by atoms with Crippen molar-refractivity contribution in [2.45, 2.75) is 51.7 Å². The van der Waals surface area contributed by atoms with E-state index in [0.717, 1.165) is 19.4 Å². The van der Waals surface area contributed by atoms with Gasteiger partial charge in [0.05, 0.1) is 11.6 Å². The van der Waals surface area contributed by atoms with Crippen LogP contribution in [-0.4, -0.2) is 52.6 Å². The topological polar surface area (TPSA) is 65.0 Å². The molecule has 0 aromatic heterocycles. The normalized spacial score (nSPS) is 23.3. The van der Waals surface area contributed by atoms with E-state index in [1.165, 1.54) is 11.9 Å². The Morgan fingerprint density at radius 2 is 2.24 bits per heavy atom. The number of benzene rings is 1. The van der Waals surface area contributed by atoms with Crippen LogP contribution in [0.15, 0.2) is 30.1 Å². The summed E-state index contributed by atoms with van der Waals surface area (Å²) >= 11 is 0. The smallest absolute Gasteiger partial charge is 0.157 e. The van der Waals surface area contributed by atoms with Crippen molar-refractivity contribution >= 4 is 6.29 Å². The Morgan fingerprint density at radius 3 is 2.96 bits per heavy atom. The Labute approximate surface area is 149 Å². The van der Waals surface area contributed by atoms with Crippen molar-refractivity contribution < 1.29 is 14.6 Å². The Bertz CT molecular complexity index is 659. The number of phenolic OH excluding ortho intramolecular Hbond substituents is 1. The van der Waals surface area contributed by atoms with E-state index in [9.17, 15) is 9.90 Å². The molecule has 2 aliphatic heterocycles. The number of carbonyl (C=O) groups excluding carboxylic acids is 1. The lowest BCUT2D eigenvalue weighted by Gasteiger charge is -2.36. The number of rotatable bonds is 6. The van der Waals surface area contributed by atoms with Crippen LogP contribution in [0.2, 0.25) is 0 Å². The number of phenols is 1. The molecule has 1 saturated heterocycles. The molecule has 1 fully saturated rings. The van der Waals surface area contributed by atoms with Crippen molar-refractivity contribution in [2.24, 2.45) is 0 Å². The molecule has 136 valence electrons. The van der Waals surface area contributed by atoms with Gasteiger partial charge in [-0.3, -0.25) is 9.80 Å². The Hall–Kier alpha value is -2.21. The molecule has 6 heteroatoms. The van der Waals surface area contributed by atoms with Crippen LogP contribution in [0, 0.1) is 0 Å². The van der Waals surface area contributed by atoms with E-state index >= 15 is 0 Å². The highest BCUT2D eigenvalue weighted by molar-refractivity contribution is 5.83. The van der Waals surface area contributed by atoms with Gasteiger partial charge in [0.2, 0.25) is 0 Å². The summed E-state index contributed by atoms with van der Waals surface area (Å²) in [6.45, 7) is 7.97. The fourth-order valence-electron chi connectivity index (χ4n) is 3.55. The minimum Gasteiger partial charge on any atom is -0.507 e. The van der Waals surface area contributed by atoms with Gasteiger partial charge in [-0.15, -0.1) is 0 Å². The molecule has 0 amide bonds. The molecule has 2 aliphatic rings. The first-order chi connectivity index (χ1) is 12.0. The van der Waals surface area contributed by atoms with Crippen molar-refractivity contribution in [3.05, 3.63) is 35.7 Å². The second kappa shape index (κ2) is 7.35. The van der Waals surface area contributed by atoms with Crippen LogP contribution in [0.25, 0.3) is 0 Å². The largest absolute Gasteiger partial charge is 0.507 e. The number of hydrogen-bond acceptors (Lipinski definition) is 6. The first-order valence-electron chi connectivity index (χ1n) is 8.95. The Morgan fingerprint density at radius 1 is 1.44 bits per heavy atom. The zero-order valence-electron chi connectivity index (χ0n) is 15.1. The van der Waals surface area contributed by atoms with Crippen LogP contribution < -0.4 is 10.2 Å². The number of nitrogens with zero attached hydrogens (tertiary/aromatic N) is 2. The third-order valence-electron chi connectivity index (χ3n) is 4.77. The molecule has 25 heavy (non-hydrogen) atoms. The maximum Gasteiger partial charge on any atom is 0.157 e. The summed E-state index contributed by atoms with van der Waals surface area (Å²) in [5, 5.41) is 12.0. The molecular formula is C19H27N3O3. The molecule has 0 bridgehead atoms. The van der Waals surface area contributed by atoms with E-state index in [0.29, 0.717) is 30.7 Å². The van der Waals surface area contributed by atoms with E-state index in [-0.39, 0.29) is 17.4 Å². The summed E-state index contributed by atoms with van der Waals surface area (Å²) in [5.74, 6) is 1.60. The molecular weight excluding hydrogens is 318 g/mol. The molecule has 0 unspecified atom stereocenters. The maximum absolute atomic E-state index is 11.2. The van der Waals surface area contributed by atoms with Crippen LogP contribution in [0.4, 0.5) is 0 Å². The second-order valence-electron chi connectivity index (χ2n) is 7.01. The van der Waals surface area contributed by atoms with Gasteiger partial charge in [-0.25, -0.2) is 5.43 Å². The SMILES string of the molecule is CC(C)N1N[C@H](C)C=C1N1CCC[C@H]1COc1cccc(O)c1C=O. The summed E-state index contributed by atoms with van der Waals surface area (Å²) < 4.78 is 5.91. The van der Waals surface area contributed by atoms with Crippen molar-refractivity contribution in [3.8, 4) is 11.5 Å². The number of ether oxygens (including phenoxy) is 1.